The van der Waals surface area contributed by atoms with Crippen LogP contribution in [-0.2, 0) is 0 Å². The summed E-state index contributed by atoms with van der Waals surface area (Å²) in [5.74, 6) is 0. The number of rotatable bonds is 7. The SMILES string of the molecule is C=C(/C=C\c1ccc2ccc(-c3ccc(C)cc3)nc2c1C)c1cccc(-c2cccc(-c3ccc4ccc5ccc(-c6ccc(C)cc6)nc5c4n3)c2)c1. The molecule has 3 heterocycles. The van der Waals surface area contributed by atoms with Crippen LogP contribution in [0.3, 0.4) is 0 Å². The number of aryl methyl sites for hydroxylation is 3. The molecule has 0 aliphatic heterocycles. The Bertz CT molecular complexity index is 2950. The lowest BCUT2D eigenvalue weighted by molar-refractivity contribution is 1.35. The average Bonchev–Trinajstić information content (AvgIpc) is 3.23. The van der Waals surface area contributed by atoms with E-state index in [1.54, 1.807) is 0 Å². The van der Waals surface area contributed by atoms with Crippen molar-refractivity contribution in [2.45, 2.75) is 20.8 Å². The van der Waals surface area contributed by atoms with Crippen LogP contribution in [0.5, 0.6) is 0 Å². The van der Waals surface area contributed by atoms with Gasteiger partial charge in [-0.1, -0.05) is 157 Å². The van der Waals surface area contributed by atoms with Crippen molar-refractivity contribution < 1.29 is 0 Å². The van der Waals surface area contributed by atoms with Gasteiger partial charge in [-0.05, 0) is 84.5 Å². The maximum atomic E-state index is 5.22. The molecule has 262 valence electrons. The Labute approximate surface area is 322 Å². The zero-order valence-electron chi connectivity index (χ0n) is 31.2. The van der Waals surface area contributed by atoms with E-state index >= 15 is 0 Å². The average molecular weight is 706 g/mol. The maximum Gasteiger partial charge on any atom is 0.0972 e. The molecule has 0 atom stereocenters. The predicted molar refractivity (Wildman–Crippen MR) is 233 cm³/mol. The molecule has 0 aliphatic rings. The van der Waals surface area contributed by atoms with Crippen molar-refractivity contribution >= 4 is 44.4 Å². The summed E-state index contributed by atoms with van der Waals surface area (Å²) < 4.78 is 0. The molecule has 55 heavy (non-hydrogen) atoms. The highest BCUT2D eigenvalue weighted by Crippen LogP contribution is 2.32. The highest BCUT2D eigenvalue weighted by atomic mass is 14.8. The van der Waals surface area contributed by atoms with Gasteiger partial charge in [0.2, 0.25) is 0 Å². The molecule has 6 aromatic carbocycles. The lowest BCUT2D eigenvalue weighted by Gasteiger charge is -2.10. The van der Waals surface area contributed by atoms with Gasteiger partial charge in [-0.3, -0.25) is 0 Å². The maximum absolute atomic E-state index is 5.22. The minimum absolute atomic E-state index is 0.906. The van der Waals surface area contributed by atoms with Gasteiger partial charge in [-0.25, -0.2) is 15.0 Å². The van der Waals surface area contributed by atoms with Gasteiger partial charge in [0.15, 0.2) is 0 Å². The number of nitrogens with zero attached hydrogens (tertiary/aromatic N) is 3. The molecule has 0 bridgehead atoms. The number of hydrogen-bond donors (Lipinski definition) is 0. The van der Waals surface area contributed by atoms with E-state index < -0.39 is 0 Å². The van der Waals surface area contributed by atoms with Crippen molar-refractivity contribution in [3.63, 3.8) is 0 Å². The second-order valence-corrected chi connectivity index (χ2v) is 14.4. The standard InChI is InChI=1S/C52H39N3/c1-33-11-16-38(17-12-33)47-28-25-40-22-21-37(36(4)50(40)53-47)20-15-35(3)43-7-5-8-44(31-43)45-9-6-10-46(32-45)49-30-27-42-24-23-41-26-29-48(54-51(41)52(42)55-49)39-18-13-34(2)14-19-39/h5-32H,3H2,1-2,4H3/b20-15-. The van der Waals surface area contributed by atoms with Crippen molar-refractivity contribution in [2.24, 2.45) is 0 Å². The molecule has 0 saturated heterocycles. The van der Waals surface area contributed by atoms with Crippen molar-refractivity contribution in [3.8, 4) is 44.9 Å². The zero-order valence-corrected chi connectivity index (χ0v) is 31.2. The summed E-state index contributed by atoms with van der Waals surface area (Å²) in [6, 6.07) is 55.6. The molecule has 3 nitrogen and oxygen atoms in total. The quantitative estimate of drug-likeness (QED) is 0.122. The Kier molecular flexibility index (Phi) is 8.68. The van der Waals surface area contributed by atoms with E-state index in [4.69, 9.17) is 15.0 Å². The van der Waals surface area contributed by atoms with E-state index in [9.17, 15) is 0 Å². The summed E-state index contributed by atoms with van der Waals surface area (Å²) in [4.78, 5) is 15.4. The van der Waals surface area contributed by atoms with Crippen LogP contribution in [0.4, 0.5) is 0 Å². The van der Waals surface area contributed by atoms with Gasteiger partial charge in [0, 0.05) is 32.8 Å². The normalized spacial score (nSPS) is 11.5. The van der Waals surface area contributed by atoms with Crippen LogP contribution in [0.1, 0.15) is 27.8 Å². The molecule has 9 rings (SSSR count). The van der Waals surface area contributed by atoms with Gasteiger partial charge in [-0.2, -0.15) is 0 Å². The van der Waals surface area contributed by atoms with Crippen LogP contribution < -0.4 is 0 Å². The van der Waals surface area contributed by atoms with Crippen molar-refractivity contribution in [2.75, 3.05) is 0 Å². The van der Waals surface area contributed by atoms with E-state index in [1.807, 2.05) is 0 Å². The topological polar surface area (TPSA) is 38.7 Å². The molecule has 0 radical (unpaired) electrons. The number of pyridine rings is 3. The van der Waals surface area contributed by atoms with Gasteiger partial charge < -0.3 is 0 Å². The van der Waals surface area contributed by atoms with E-state index in [-0.39, 0.29) is 0 Å². The first-order valence-electron chi connectivity index (χ1n) is 18.7. The van der Waals surface area contributed by atoms with Crippen LogP contribution in [0, 0.1) is 20.8 Å². The van der Waals surface area contributed by atoms with Crippen molar-refractivity contribution in [1.29, 1.82) is 0 Å². The molecule has 3 aromatic heterocycles. The number of fused-ring (bicyclic) bond motifs is 4. The highest BCUT2D eigenvalue weighted by Gasteiger charge is 2.11. The predicted octanol–water partition coefficient (Wildman–Crippen LogP) is 13.7. The van der Waals surface area contributed by atoms with Crippen LogP contribution in [-0.4, -0.2) is 15.0 Å². The van der Waals surface area contributed by atoms with Crippen LogP contribution >= 0.6 is 0 Å². The number of hydrogen-bond acceptors (Lipinski definition) is 3. The minimum Gasteiger partial charge on any atom is -0.247 e. The molecule has 9 aromatic rings. The molecule has 3 heteroatoms. The second-order valence-electron chi connectivity index (χ2n) is 14.4. The summed E-state index contributed by atoms with van der Waals surface area (Å²) in [7, 11) is 0. The van der Waals surface area contributed by atoms with Gasteiger partial charge in [0.1, 0.15) is 0 Å². The lowest BCUT2D eigenvalue weighted by Crippen LogP contribution is -1.91. The summed E-state index contributed by atoms with van der Waals surface area (Å²) in [6.07, 6.45) is 4.26. The van der Waals surface area contributed by atoms with E-state index in [1.165, 1.54) is 11.1 Å². The molecular formula is C52H39N3. The first-order chi connectivity index (χ1) is 26.9. The fraction of sp³-hybridized carbons (Fsp3) is 0.0577. The Balaban J connectivity index is 0.994. The first kappa shape index (κ1) is 33.8. The zero-order chi connectivity index (χ0) is 37.5. The molecular weight excluding hydrogens is 667 g/mol. The Morgan fingerprint density at radius 2 is 0.891 bits per heavy atom. The molecule has 0 fully saturated rings. The largest absolute Gasteiger partial charge is 0.247 e. The van der Waals surface area contributed by atoms with E-state index in [0.717, 1.165) is 99.9 Å². The molecule has 0 aliphatic carbocycles. The molecule has 0 N–H and O–H groups in total. The molecule has 0 amide bonds. The Hall–Kier alpha value is -6.97. The van der Waals surface area contributed by atoms with Gasteiger partial charge in [0.25, 0.3) is 0 Å². The van der Waals surface area contributed by atoms with Gasteiger partial charge in [0.05, 0.1) is 33.6 Å². The fourth-order valence-corrected chi connectivity index (χ4v) is 7.27. The minimum atomic E-state index is 0.906. The lowest BCUT2D eigenvalue weighted by atomic mass is 9.96. The monoisotopic (exact) mass is 705 g/mol. The van der Waals surface area contributed by atoms with Gasteiger partial charge in [-0.15, -0.1) is 0 Å². The summed E-state index contributed by atoms with van der Waals surface area (Å²) in [5, 5.41) is 3.28. The second kappa shape index (κ2) is 14.1. The first-order valence-corrected chi connectivity index (χ1v) is 18.7. The number of aromatic nitrogens is 3. The van der Waals surface area contributed by atoms with E-state index in [0.29, 0.717) is 0 Å². The molecule has 0 spiro atoms. The number of allylic oxidation sites excluding steroid dienone is 2. The molecule has 0 saturated carbocycles. The third kappa shape index (κ3) is 6.73. The third-order valence-corrected chi connectivity index (χ3v) is 10.6. The highest BCUT2D eigenvalue weighted by molar-refractivity contribution is 6.04. The van der Waals surface area contributed by atoms with E-state index in [2.05, 4.69) is 197 Å². The Morgan fingerprint density at radius 1 is 0.436 bits per heavy atom. The third-order valence-electron chi connectivity index (χ3n) is 10.6. The summed E-state index contributed by atoms with van der Waals surface area (Å²) in [5.41, 5.74) is 18.0. The van der Waals surface area contributed by atoms with Crippen molar-refractivity contribution in [1.82, 2.24) is 15.0 Å². The smallest absolute Gasteiger partial charge is 0.0972 e. The van der Waals surface area contributed by atoms with Crippen molar-refractivity contribution in [3.05, 3.63) is 198 Å². The van der Waals surface area contributed by atoms with Crippen LogP contribution in [0.2, 0.25) is 0 Å². The number of benzene rings is 6. The van der Waals surface area contributed by atoms with Crippen LogP contribution in [0.25, 0.3) is 89.3 Å². The summed E-state index contributed by atoms with van der Waals surface area (Å²) in [6.45, 7) is 10.8. The van der Waals surface area contributed by atoms with Crippen LogP contribution in [0.15, 0.2) is 170 Å². The van der Waals surface area contributed by atoms with Gasteiger partial charge >= 0.3 is 0 Å². The molecule has 0 unspecified atom stereocenters. The fourth-order valence-electron chi connectivity index (χ4n) is 7.27. The Morgan fingerprint density at radius 3 is 1.49 bits per heavy atom. The summed E-state index contributed by atoms with van der Waals surface area (Å²) >= 11 is 0.